The number of hydrogen-bond acceptors (Lipinski definition) is 4. The van der Waals surface area contributed by atoms with Crippen molar-refractivity contribution in [3.05, 3.63) is 72.6 Å². The van der Waals surface area contributed by atoms with Crippen molar-refractivity contribution in [3.63, 3.8) is 0 Å². The van der Waals surface area contributed by atoms with Gasteiger partial charge in [0.1, 0.15) is 11.6 Å². The van der Waals surface area contributed by atoms with Crippen LogP contribution in [0.5, 0.6) is 5.75 Å². The largest absolute Gasteiger partial charge is 0.497 e. The van der Waals surface area contributed by atoms with Crippen molar-refractivity contribution in [2.75, 3.05) is 17.3 Å². The van der Waals surface area contributed by atoms with Crippen molar-refractivity contribution < 1.29 is 9.53 Å². The number of nitrogens with zero attached hydrogens (tertiary/aromatic N) is 2. The Morgan fingerprint density at radius 3 is 2.60 bits per heavy atom. The van der Waals surface area contributed by atoms with E-state index in [9.17, 15) is 4.79 Å². The molecule has 0 atom stereocenters. The lowest BCUT2D eigenvalue weighted by Crippen LogP contribution is -2.13. The Bertz CT molecular complexity index is 930. The lowest BCUT2D eigenvalue weighted by atomic mass is 10.1. The Kier molecular flexibility index (Phi) is 3.70. The molecule has 1 amide bonds. The van der Waals surface area contributed by atoms with Gasteiger partial charge in [0.2, 0.25) is 0 Å². The zero-order valence-electron chi connectivity index (χ0n) is 13.6. The van der Waals surface area contributed by atoms with Crippen LogP contribution in [0.1, 0.15) is 5.56 Å². The molecule has 1 aliphatic rings. The Morgan fingerprint density at radius 2 is 1.88 bits per heavy atom. The third-order valence-corrected chi connectivity index (χ3v) is 4.06. The fourth-order valence-corrected chi connectivity index (χ4v) is 2.80. The molecule has 2 heterocycles. The van der Waals surface area contributed by atoms with Crippen LogP contribution < -0.4 is 15.0 Å². The van der Waals surface area contributed by atoms with Gasteiger partial charge in [0.15, 0.2) is 0 Å². The van der Waals surface area contributed by atoms with Gasteiger partial charge in [-0.25, -0.2) is 0 Å². The molecule has 124 valence electrons. The molecule has 0 bridgehead atoms. The minimum absolute atomic E-state index is 0.126. The van der Waals surface area contributed by atoms with E-state index >= 15 is 0 Å². The number of anilines is 3. The molecule has 3 aromatic rings. The second-order valence-electron chi connectivity index (χ2n) is 5.55. The van der Waals surface area contributed by atoms with Gasteiger partial charge in [0, 0.05) is 29.2 Å². The summed E-state index contributed by atoms with van der Waals surface area (Å²) in [7, 11) is 1.63. The van der Waals surface area contributed by atoms with Crippen LogP contribution in [-0.4, -0.2) is 23.2 Å². The Morgan fingerprint density at radius 1 is 1.08 bits per heavy atom. The number of rotatable bonds is 4. The Balaban J connectivity index is 1.80. The second kappa shape index (κ2) is 6.16. The number of H-pyrrole nitrogens is 1. The summed E-state index contributed by atoms with van der Waals surface area (Å²) in [6.45, 7) is 0. The first-order valence-electron chi connectivity index (χ1n) is 7.81. The predicted molar refractivity (Wildman–Crippen MR) is 96.8 cm³/mol. The fraction of sp³-hybridized carbons (Fsp3) is 0.0526. The average Bonchev–Trinajstić information content (AvgIpc) is 3.28. The molecule has 0 spiro atoms. The first-order valence-corrected chi connectivity index (χ1v) is 7.81. The summed E-state index contributed by atoms with van der Waals surface area (Å²) < 4.78 is 5.22. The molecule has 1 aliphatic heterocycles. The number of aromatic amines is 1. The quantitative estimate of drug-likeness (QED) is 0.717. The highest BCUT2D eigenvalue weighted by Gasteiger charge is 2.25. The summed E-state index contributed by atoms with van der Waals surface area (Å²) in [4.78, 5) is 14.3. The minimum atomic E-state index is -0.126. The molecule has 0 unspecified atom stereocenters. The highest BCUT2D eigenvalue weighted by molar-refractivity contribution is 6.31. The number of amides is 1. The molecule has 6 nitrogen and oxygen atoms in total. The number of methoxy groups -OCH3 is 1. The summed E-state index contributed by atoms with van der Waals surface area (Å²) in [5, 5.41) is 9.85. The van der Waals surface area contributed by atoms with Gasteiger partial charge in [-0.3, -0.25) is 9.89 Å². The van der Waals surface area contributed by atoms with Gasteiger partial charge in [0.25, 0.3) is 5.91 Å². The first-order chi connectivity index (χ1) is 12.3. The molecule has 0 radical (unpaired) electrons. The highest BCUT2D eigenvalue weighted by Crippen LogP contribution is 2.34. The van der Waals surface area contributed by atoms with Crippen molar-refractivity contribution in [1.82, 2.24) is 10.2 Å². The lowest BCUT2D eigenvalue weighted by Gasteiger charge is -2.19. The van der Waals surface area contributed by atoms with Gasteiger partial charge >= 0.3 is 0 Å². The minimum Gasteiger partial charge on any atom is -0.497 e. The molecule has 0 saturated carbocycles. The molecule has 25 heavy (non-hydrogen) atoms. The third-order valence-electron chi connectivity index (χ3n) is 4.06. The van der Waals surface area contributed by atoms with Crippen LogP contribution in [0.3, 0.4) is 0 Å². The summed E-state index contributed by atoms with van der Waals surface area (Å²) >= 11 is 0. The third kappa shape index (κ3) is 2.74. The van der Waals surface area contributed by atoms with Gasteiger partial charge in [0.05, 0.1) is 18.9 Å². The smallest absolute Gasteiger partial charge is 0.257 e. The second-order valence-corrected chi connectivity index (χ2v) is 5.55. The Hall–Kier alpha value is -3.54. The summed E-state index contributed by atoms with van der Waals surface area (Å²) in [5.41, 5.74) is 3.18. The van der Waals surface area contributed by atoms with E-state index in [1.165, 1.54) is 0 Å². The van der Waals surface area contributed by atoms with E-state index in [2.05, 4.69) is 15.5 Å². The van der Waals surface area contributed by atoms with Gasteiger partial charge in [-0.05, 0) is 30.3 Å². The van der Waals surface area contributed by atoms with E-state index in [0.717, 1.165) is 28.5 Å². The zero-order chi connectivity index (χ0) is 17.2. The van der Waals surface area contributed by atoms with Crippen molar-refractivity contribution in [1.29, 1.82) is 0 Å². The van der Waals surface area contributed by atoms with Crippen molar-refractivity contribution in [3.8, 4) is 5.75 Å². The maximum Gasteiger partial charge on any atom is 0.257 e. The molecule has 2 N–H and O–H groups in total. The fourth-order valence-electron chi connectivity index (χ4n) is 2.80. The van der Waals surface area contributed by atoms with E-state index in [1.807, 2.05) is 65.7 Å². The molecule has 2 aromatic carbocycles. The van der Waals surface area contributed by atoms with Gasteiger partial charge in [-0.1, -0.05) is 18.2 Å². The number of hydrogen-bond donors (Lipinski definition) is 2. The SMILES string of the molecule is COc1ccc(N(C=C2C(=O)Nc3ccccc32)c2ccn[nH]2)cc1. The number of ether oxygens (including phenoxy) is 1. The number of carbonyl (C=O) groups excluding carboxylic acids is 1. The molecular weight excluding hydrogens is 316 g/mol. The summed E-state index contributed by atoms with van der Waals surface area (Å²) in [6.07, 6.45) is 3.49. The van der Waals surface area contributed by atoms with E-state index in [0.29, 0.717) is 5.57 Å². The van der Waals surface area contributed by atoms with E-state index in [-0.39, 0.29) is 5.91 Å². The van der Waals surface area contributed by atoms with Crippen LogP contribution in [-0.2, 0) is 4.79 Å². The number of nitrogens with one attached hydrogen (secondary N) is 2. The van der Waals surface area contributed by atoms with Crippen LogP contribution in [0.15, 0.2) is 67.0 Å². The van der Waals surface area contributed by atoms with Crippen LogP contribution in [0.25, 0.3) is 5.57 Å². The zero-order valence-corrected chi connectivity index (χ0v) is 13.6. The van der Waals surface area contributed by atoms with Crippen LogP contribution in [0, 0.1) is 0 Å². The predicted octanol–water partition coefficient (Wildman–Crippen LogP) is 3.55. The molecule has 0 saturated heterocycles. The van der Waals surface area contributed by atoms with Crippen LogP contribution in [0.2, 0.25) is 0 Å². The van der Waals surface area contributed by atoms with Gasteiger partial charge < -0.3 is 15.0 Å². The van der Waals surface area contributed by atoms with Crippen LogP contribution in [0.4, 0.5) is 17.2 Å². The topological polar surface area (TPSA) is 70.2 Å². The van der Waals surface area contributed by atoms with Gasteiger partial charge in [-0.2, -0.15) is 5.10 Å². The summed E-state index contributed by atoms with van der Waals surface area (Å²) in [5.74, 6) is 1.40. The van der Waals surface area contributed by atoms with Crippen molar-refractivity contribution in [2.24, 2.45) is 0 Å². The normalized spacial score (nSPS) is 14.3. The number of carbonyl (C=O) groups is 1. The lowest BCUT2D eigenvalue weighted by molar-refractivity contribution is -0.110. The monoisotopic (exact) mass is 332 g/mol. The highest BCUT2D eigenvalue weighted by atomic mass is 16.5. The van der Waals surface area contributed by atoms with E-state index < -0.39 is 0 Å². The summed E-state index contributed by atoms with van der Waals surface area (Å²) in [6, 6.07) is 17.1. The number of benzene rings is 2. The Labute approximate surface area is 144 Å². The molecule has 4 rings (SSSR count). The van der Waals surface area contributed by atoms with Crippen molar-refractivity contribution >= 4 is 28.7 Å². The number of fused-ring (bicyclic) bond motifs is 1. The van der Waals surface area contributed by atoms with E-state index in [4.69, 9.17) is 4.74 Å². The molecule has 0 aliphatic carbocycles. The molecule has 0 fully saturated rings. The maximum atomic E-state index is 12.4. The number of para-hydroxylation sites is 1. The number of aromatic nitrogens is 2. The molecule has 6 heteroatoms. The van der Waals surface area contributed by atoms with Gasteiger partial charge in [-0.15, -0.1) is 0 Å². The van der Waals surface area contributed by atoms with E-state index in [1.54, 1.807) is 13.3 Å². The first kappa shape index (κ1) is 15.0. The van der Waals surface area contributed by atoms with Crippen LogP contribution >= 0.6 is 0 Å². The average molecular weight is 332 g/mol. The molecule has 1 aromatic heterocycles. The standard InChI is InChI=1S/C19H16N4O2/c1-25-14-8-6-13(7-9-14)23(18-10-11-20-22-18)12-16-15-4-2-3-5-17(15)21-19(16)24/h2-12H,1H3,(H,20,22)(H,21,24). The molecular formula is C19H16N4O2. The van der Waals surface area contributed by atoms with Crippen molar-refractivity contribution in [2.45, 2.75) is 0 Å². The maximum absolute atomic E-state index is 12.4.